The highest BCUT2D eigenvalue weighted by Gasteiger charge is 2.28. The van der Waals surface area contributed by atoms with Gasteiger partial charge in [0.05, 0.1) is 18.8 Å². The molecule has 0 aliphatic carbocycles. The SMILES string of the molecule is CC/C=C\C/C=C\CCCCCCCCCCCCCCCC(O)C(=O)NC(CO)C(O)C(O)CCCCCCCCCCCCCCCCCC. The number of aliphatic hydroxyl groups is 4. The molecule has 5 N–H and O–H groups in total. The third-order valence-electron chi connectivity index (χ3n) is 10.7. The van der Waals surface area contributed by atoms with Crippen molar-refractivity contribution >= 4 is 5.91 Å². The maximum Gasteiger partial charge on any atom is 0.249 e. The Balaban J connectivity index is 3.70. The van der Waals surface area contributed by atoms with Crippen LogP contribution in [0.2, 0.25) is 0 Å². The molecule has 0 radical (unpaired) electrons. The van der Waals surface area contributed by atoms with Crippen molar-refractivity contribution in [1.82, 2.24) is 5.32 Å². The molecule has 308 valence electrons. The fourth-order valence-corrected chi connectivity index (χ4v) is 7.09. The molecule has 6 heteroatoms. The average Bonchev–Trinajstić information content (AvgIpc) is 3.15. The molecule has 0 saturated heterocycles. The first kappa shape index (κ1) is 50.8. The van der Waals surface area contributed by atoms with E-state index in [4.69, 9.17) is 0 Å². The largest absolute Gasteiger partial charge is 0.394 e. The number of amides is 1. The Labute approximate surface area is 323 Å². The van der Waals surface area contributed by atoms with E-state index in [1.165, 1.54) is 154 Å². The molecule has 0 aromatic rings. The van der Waals surface area contributed by atoms with E-state index in [1.807, 2.05) is 0 Å². The van der Waals surface area contributed by atoms with Crippen LogP contribution in [-0.4, -0.2) is 57.3 Å². The lowest BCUT2D eigenvalue weighted by atomic mass is 9.99. The number of carbonyl (C=O) groups is 1. The van der Waals surface area contributed by atoms with Crippen LogP contribution < -0.4 is 5.32 Å². The molecule has 0 aromatic carbocycles. The van der Waals surface area contributed by atoms with Gasteiger partial charge in [0.1, 0.15) is 12.2 Å². The average molecular weight is 736 g/mol. The van der Waals surface area contributed by atoms with Crippen LogP contribution in [-0.2, 0) is 4.79 Å². The quantitative estimate of drug-likeness (QED) is 0.0317. The summed E-state index contributed by atoms with van der Waals surface area (Å²) in [5, 5.41) is 43.7. The number of hydrogen-bond acceptors (Lipinski definition) is 5. The van der Waals surface area contributed by atoms with Gasteiger partial charge in [0.2, 0.25) is 5.91 Å². The summed E-state index contributed by atoms with van der Waals surface area (Å²) in [6.07, 6.45) is 46.3. The lowest BCUT2D eigenvalue weighted by molar-refractivity contribution is -0.132. The van der Waals surface area contributed by atoms with E-state index in [0.29, 0.717) is 12.8 Å². The number of unbranched alkanes of at least 4 members (excludes halogenated alkanes) is 28. The van der Waals surface area contributed by atoms with E-state index in [-0.39, 0.29) is 0 Å². The highest BCUT2D eigenvalue weighted by molar-refractivity contribution is 5.80. The lowest BCUT2D eigenvalue weighted by Gasteiger charge is -2.27. The second-order valence-corrected chi connectivity index (χ2v) is 15.7. The zero-order chi connectivity index (χ0) is 38.2. The molecule has 0 rings (SSSR count). The van der Waals surface area contributed by atoms with Gasteiger partial charge in [0.25, 0.3) is 0 Å². The van der Waals surface area contributed by atoms with Gasteiger partial charge in [0, 0.05) is 0 Å². The second-order valence-electron chi connectivity index (χ2n) is 15.7. The molecule has 0 bridgehead atoms. The molecule has 6 nitrogen and oxygen atoms in total. The summed E-state index contributed by atoms with van der Waals surface area (Å²) in [5.74, 6) is -0.583. The van der Waals surface area contributed by atoms with E-state index in [1.54, 1.807) is 0 Å². The predicted molar refractivity (Wildman–Crippen MR) is 224 cm³/mol. The Morgan fingerprint density at radius 2 is 0.885 bits per heavy atom. The highest BCUT2D eigenvalue weighted by atomic mass is 16.3. The van der Waals surface area contributed by atoms with Gasteiger partial charge >= 0.3 is 0 Å². The molecule has 0 heterocycles. The van der Waals surface area contributed by atoms with Crippen LogP contribution in [0.5, 0.6) is 0 Å². The van der Waals surface area contributed by atoms with Crippen molar-refractivity contribution < 1.29 is 25.2 Å². The number of aliphatic hydroxyl groups excluding tert-OH is 4. The summed E-state index contributed by atoms with van der Waals surface area (Å²) in [5.41, 5.74) is 0. The molecule has 0 spiro atoms. The maximum atomic E-state index is 12.5. The van der Waals surface area contributed by atoms with Crippen molar-refractivity contribution in [1.29, 1.82) is 0 Å². The third-order valence-corrected chi connectivity index (χ3v) is 10.7. The van der Waals surface area contributed by atoms with Crippen molar-refractivity contribution in [3.05, 3.63) is 24.3 Å². The summed E-state index contributed by atoms with van der Waals surface area (Å²) in [4.78, 5) is 12.5. The molecule has 0 saturated carbocycles. The van der Waals surface area contributed by atoms with Crippen LogP contribution >= 0.6 is 0 Å². The van der Waals surface area contributed by atoms with E-state index >= 15 is 0 Å². The van der Waals surface area contributed by atoms with Gasteiger partial charge in [-0.1, -0.05) is 218 Å². The molecule has 52 heavy (non-hydrogen) atoms. The number of hydrogen-bond donors (Lipinski definition) is 5. The fourth-order valence-electron chi connectivity index (χ4n) is 7.09. The van der Waals surface area contributed by atoms with Crippen LogP contribution in [0.4, 0.5) is 0 Å². The molecular weight excluding hydrogens is 647 g/mol. The van der Waals surface area contributed by atoms with Crippen LogP contribution in [0.15, 0.2) is 24.3 Å². The normalized spacial score (nSPS) is 14.3. The molecule has 4 atom stereocenters. The van der Waals surface area contributed by atoms with Crippen molar-refractivity contribution in [2.24, 2.45) is 0 Å². The monoisotopic (exact) mass is 736 g/mol. The molecular formula is C46H89NO5. The second kappa shape index (κ2) is 41.0. The molecule has 4 unspecified atom stereocenters. The van der Waals surface area contributed by atoms with Crippen molar-refractivity contribution in [2.45, 2.75) is 257 Å². The smallest absolute Gasteiger partial charge is 0.249 e. The van der Waals surface area contributed by atoms with Crippen molar-refractivity contribution in [2.75, 3.05) is 6.61 Å². The van der Waals surface area contributed by atoms with Crippen LogP contribution in [0.25, 0.3) is 0 Å². The maximum absolute atomic E-state index is 12.5. The number of allylic oxidation sites excluding steroid dienone is 4. The van der Waals surface area contributed by atoms with Crippen molar-refractivity contribution in [3.8, 4) is 0 Å². The predicted octanol–water partition coefficient (Wildman–Crippen LogP) is 12.0. The molecule has 0 aromatic heterocycles. The Morgan fingerprint density at radius 1 is 0.500 bits per heavy atom. The third kappa shape index (κ3) is 34.6. The topological polar surface area (TPSA) is 110 Å². The number of rotatable bonds is 41. The zero-order valence-corrected chi connectivity index (χ0v) is 34.6. The van der Waals surface area contributed by atoms with Gasteiger partial charge in [0.15, 0.2) is 0 Å². The fraction of sp³-hybridized carbons (Fsp3) is 0.891. The van der Waals surface area contributed by atoms with Crippen LogP contribution in [0, 0.1) is 0 Å². The first-order valence-corrected chi connectivity index (χ1v) is 22.7. The zero-order valence-electron chi connectivity index (χ0n) is 34.6. The first-order chi connectivity index (χ1) is 25.5. The van der Waals surface area contributed by atoms with E-state index in [9.17, 15) is 25.2 Å². The van der Waals surface area contributed by atoms with E-state index in [2.05, 4.69) is 43.5 Å². The van der Waals surface area contributed by atoms with E-state index in [0.717, 1.165) is 51.4 Å². The summed E-state index contributed by atoms with van der Waals surface area (Å²) >= 11 is 0. The Kier molecular flexibility index (Phi) is 40.0. The minimum atomic E-state index is -1.26. The summed E-state index contributed by atoms with van der Waals surface area (Å²) < 4.78 is 0. The van der Waals surface area contributed by atoms with Crippen LogP contribution in [0.3, 0.4) is 0 Å². The lowest BCUT2D eigenvalue weighted by Crippen LogP contribution is -2.53. The molecule has 0 aliphatic heterocycles. The van der Waals surface area contributed by atoms with Gasteiger partial charge < -0.3 is 25.7 Å². The molecule has 1 amide bonds. The van der Waals surface area contributed by atoms with Gasteiger partial charge in [-0.25, -0.2) is 0 Å². The Bertz CT molecular complexity index is 787. The summed E-state index contributed by atoms with van der Waals surface area (Å²) in [6, 6.07) is -0.983. The van der Waals surface area contributed by atoms with Crippen LogP contribution in [0.1, 0.15) is 232 Å². The minimum absolute atomic E-state index is 0.369. The van der Waals surface area contributed by atoms with Gasteiger partial charge in [-0.15, -0.1) is 0 Å². The minimum Gasteiger partial charge on any atom is -0.394 e. The van der Waals surface area contributed by atoms with Gasteiger partial charge in [-0.3, -0.25) is 4.79 Å². The Hall–Kier alpha value is -1.21. The summed E-state index contributed by atoms with van der Waals surface area (Å²) in [7, 11) is 0. The number of carbonyl (C=O) groups excluding carboxylic acids is 1. The molecule has 0 fully saturated rings. The number of nitrogens with one attached hydrogen (secondary N) is 1. The van der Waals surface area contributed by atoms with Gasteiger partial charge in [-0.05, 0) is 38.5 Å². The molecule has 0 aliphatic rings. The van der Waals surface area contributed by atoms with Crippen molar-refractivity contribution in [3.63, 3.8) is 0 Å². The van der Waals surface area contributed by atoms with E-state index < -0.39 is 36.9 Å². The van der Waals surface area contributed by atoms with Gasteiger partial charge in [-0.2, -0.15) is 0 Å². The highest BCUT2D eigenvalue weighted by Crippen LogP contribution is 2.17. The first-order valence-electron chi connectivity index (χ1n) is 22.7. The summed E-state index contributed by atoms with van der Waals surface area (Å²) in [6.45, 7) is 3.96. The standard InChI is InChI=1S/C46H89NO5/c1-3-5-7-9-11-13-15-17-19-21-22-23-24-26-28-30-32-34-36-38-40-44(50)46(52)47-42(41-48)45(51)43(49)39-37-35-33-31-29-27-25-20-18-16-14-12-10-8-6-4-2/h5,7,11,13,42-45,48-51H,3-4,6,8-10,12,14-41H2,1-2H3,(H,47,52)/b7-5-,13-11-. The Morgan fingerprint density at radius 3 is 1.31 bits per heavy atom.